The number of para-hydroxylation sites is 1. The Balaban J connectivity index is 2.65. The topological polar surface area (TPSA) is 41.6 Å². The predicted octanol–water partition coefficient (Wildman–Crippen LogP) is 1.91. The van der Waals surface area contributed by atoms with Gasteiger partial charge in [0.1, 0.15) is 5.52 Å². The molecule has 0 saturated heterocycles. The maximum Gasteiger partial charge on any atom is 0.112 e. The second-order valence-electron chi connectivity index (χ2n) is 2.88. The number of hydrogen-bond acceptors (Lipinski definition) is 2. The Hall–Kier alpha value is -1.90. The van der Waals surface area contributed by atoms with Crippen LogP contribution in [0.2, 0.25) is 0 Å². The van der Waals surface area contributed by atoms with Gasteiger partial charge in [-0.15, -0.1) is 0 Å². The summed E-state index contributed by atoms with van der Waals surface area (Å²) in [6, 6.07) is 7.97. The minimum Gasteiger partial charge on any atom is -0.275 e. The number of aromatic nitrogens is 3. The van der Waals surface area contributed by atoms with Gasteiger partial charge in [0, 0.05) is 10.8 Å². The molecule has 0 amide bonds. The zero-order valence-corrected chi connectivity index (χ0v) is 6.78. The van der Waals surface area contributed by atoms with E-state index in [-0.39, 0.29) is 0 Å². The van der Waals surface area contributed by atoms with Crippen LogP contribution in [0.25, 0.3) is 21.8 Å². The zero-order valence-electron chi connectivity index (χ0n) is 6.78. The number of benzene rings is 1. The van der Waals surface area contributed by atoms with E-state index in [4.69, 9.17) is 0 Å². The lowest BCUT2D eigenvalue weighted by molar-refractivity contribution is 1.11. The smallest absolute Gasteiger partial charge is 0.112 e. The van der Waals surface area contributed by atoms with Crippen LogP contribution in [0.3, 0.4) is 0 Å². The lowest BCUT2D eigenvalue weighted by Crippen LogP contribution is -1.78. The van der Waals surface area contributed by atoms with Crippen LogP contribution in [0, 0.1) is 6.20 Å². The highest BCUT2D eigenvalue weighted by Crippen LogP contribution is 2.20. The molecule has 1 N–H and O–H groups in total. The molecule has 1 aromatic carbocycles. The molecule has 0 aliphatic carbocycles. The van der Waals surface area contributed by atoms with Crippen LogP contribution in [0.15, 0.2) is 30.5 Å². The zero-order chi connectivity index (χ0) is 8.67. The van der Waals surface area contributed by atoms with Crippen molar-refractivity contribution in [3.63, 3.8) is 0 Å². The molecule has 0 fully saturated rings. The molecule has 3 nitrogen and oxygen atoms in total. The third-order valence-electron chi connectivity index (χ3n) is 2.11. The number of nitrogens with zero attached hydrogens (tertiary/aromatic N) is 2. The van der Waals surface area contributed by atoms with E-state index in [1.807, 2.05) is 24.3 Å². The maximum absolute atomic E-state index is 4.28. The van der Waals surface area contributed by atoms with E-state index >= 15 is 0 Å². The molecule has 1 radical (unpaired) electrons. The molecular weight excluding hydrogens is 162 g/mol. The van der Waals surface area contributed by atoms with Crippen LogP contribution < -0.4 is 0 Å². The predicted molar refractivity (Wildman–Crippen MR) is 50.2 cm³/mol. The van der Waals surface area contributed by atoms with E-state index in [2.05, 4.69) is 21.4 Å². The van der Waals surface area contributed by atoms with Crippen LogP contribution in [0.4, 0.5) is 0 Å². The molecule has 0 aliphatic heterocycles. The van der Waals surface area contributed by atoms with Crippen LogP contribution in [0.5, 0.6) is 0 Å². The highest BCUT2D eigenvalue weighted by atomic mass is 15.1. The van der Waals surface area contributed by atoms with Gasteiger partial charge in [-0.3, -0.25) is 10.1 Å². The standard InChI is InChI=1S/C10H6N3/c1-2-4-9-7(3-1)8-5-12-13-10(8)6-11-9/h1-4,6H,(H,12,13). The van der Waals surface area contributed by atoms with Crippen molar-refractivity contribution >= 4 is 21.8 Å². The van der Waals surface area contributed by atoms with Crippen molar-refractivity contribution in [2.75, 3.05) is 0 Å². The molecule has 0 bridgehead atoms. The average Bonchev–Trinajstić information content (AvgIpc) is 2.65. The van der Waals surface area contributed by atoms with Gasteiger partial charge in [0.15, 0.2) is 0 Å². The molecule has 61 valence electrons. The Morgan fingerprint density at radius 1 is 1.15 bits per heavy atom. The van der Waals surface area contributed by atoms with Gasteiger partial charge >= 0.3 is 0 Å². The maximum atomic E-state index is 4.28. The highest BCUT2D eigenvalue weighted by Gasteiger charge is 2.01. The number of aromatic amines is 1. The molecule has 0 unspecified atom stereocenters. The quantitative estimate of drug-likeness (QED) is 0.557. The minimum atomic E-state index is 0.860. The van der Waals surface area contributed by atoms with Crippen molar-refractivity contribution in [2.45, 2.75) is 0 Å². The second-order valence-corrected chi connectivity index (χ2v) is 2.88. The SMILES string of the molecule is [c]1[nH]nc2cnc3ccccc3c12. The van der Waals surface area contributed by atoms with Crippen LogP contribution in [-0.2, 0) is 0 Å². The molecule has 3 heteroatoms. The summed E-state index contributed by atoms with van der Waals surface area (Å²) in [7, 11) is 0. The fourth-order valence-corrected chi connectivity index (χ4v) is 1.49. The van der Waals surface area contributed by atoms with E-state index in [0.717, 1.165) is 21.8 Å². The third kappa shape index (κ3) is 0.839. The van der Waals surface area contributed by atoms with E-state index in [1.165, 1.54) is 0 Å². The Kier molecular flexibility index (Phi) is 1.16. The van der Waals surface area contributed by atoms with Crippen LogP contribution >= 0.6 is 0 Å². The monoisotopic (exact) mass is 168 g/mol. The van der Waals surface area contributed by atoms with Crippen LogP contribution in [-0.4, -0.2) is 15.2 Å². The molecule has 0 aliphatic rings. The Bertz CT molecular complexity index is 568. The first kappa shape index (κ1) is 6.60. The normalized spacial score (nSPS) is 11.1. The van der Waals surface area contributed by atoms with Gasteiger partial charge in [-0.1, -0.05) is 18.2 Å². The number of pyridine rings is 1. The molecule has 3 aromatic rings. The summed E-state index contributed by atoms with van der Waals surface area (Å²) in [5.41, 5.74) is 1.84. The Morgan fingerprint density at radius 2 is 2.08 bits per heavy atom. The van der Waals surface area contributed by atoms with Crippen molar-refractivity contribution in [3.05, 3.63) is 36.7 Å². The van der Waals surface area contributed by atoms with Gasteiger partial charge in [0.2, 0.25) is 0 Å². The summed E-state index contributed by atoms with van der Waals surface area (Å²) >= 11 is 0. The Labute approximate surface area is 74.4 Å². The molecule has 0 saturated carbocycles. The summed E-state index contributed by atoms with van der Waals surface area (Å²) in [5, 5.41) is 8.84. The van der Waals surface area contributed by atoms with Gasteiger partial charge in [-0.25, -0.2) is 0 Å². The molecule has 2 heterocycles. The fourth-order valence-electron chi connectivity index (χ4n) is 1.49. The van der Waals surface area contributed by atoms with E-state index in [0.29, 0.717) is 0 Å². The molecule has 13 heavy (non-hydrogen) atoms. The third-order valence-corrected chi connectivity index (χ3v) is 2.11. The first-order valence-corrected chi connectivity index (χ1v) is 4.05. The fraction of sp³-hybridized carbons (Fsp3) is 0. The first-order valence-electron chi connectivity index (χ1n) is 4.05. The van der Waals surface area contributed by atoms with E-state index < -0.39 is 0 Å². The van der Waals surface area contributed by atoms with Gasteiger partial charge in [-0.05, 0) is 6.07 Å². The summed E-state index contributed by atoms with van der Waals surface area (Å²) in [6.45, 7) is 0. The lowest BCUT2D eigenvalue weighted by Gasteiger charge is -1.95. The summed E-state index contributed by atoms with van der Waals surface area (Å²) in [4.78, 5) is 4.28. The van der Waals surface area contributed by atoms with Crippen molar-refractivity contribution in [1.29, 1.82) is 0 Å². The number of rotatable bonds is 0. The molecule has 3 rings (SSSR count). The molecule has 2 aromatic heterocycles. The summed E-state index contributed by atoms with van der Waals surface area (Å²) in [6.07, 6.45) is 4.74. The first-order chi connectivity index (χ1) is 6.45. The second kappa shape index (κ2) is 2.29. The lowest BCUT2D eigenvalue weighted by atomic mass is 10.1. The van der Waals surface area contributed by atoms with E-state index in [9.17, 15) is 0 Å². The largest absolute Gasteiger partial charge is 0.275 e. The minimum absolute atomic E-state index is 0.860. The van der Waals surface area contributed by atoms with Crippen molar-refractivity contribution < 1.29 is 0 Å². The molecule has 0 atom stereocenters. The van der Waals surface area contributed by atoms with Crippen molar-refractivity contribution in [1.82, 2.24) is 15.2 Å². The molecule has 0 spiro atoms. The Morgan fingerprint density at radius 3 is 3.08 bits per heavy atom. The number of H-pyrrole nitrogens is 1. The summed E-state index contributed by atoms with van der Waals surface area (Å²) in [5.74, 6) is 0. The van der Waals surface area contributed by atoms with Crippen LogP contribution in [0.1, 0.15) is 0 Å². The molecular formula is C10H6N3. The number of fused-ring (bicyclic) bond motifs is 3. The van der Waals surface area contributed by atoms with Crippen molar-refractivity contribution in [2.24, 2.45) is 0 Å². The van der Waals surface area contributed by atoms with E-state index in [1.54, 1.807) is 6.20 Å². The average molecular weight is 168 g/mol. The highest BCUT2D eigenvalue weighted by molar-refractivity contribution is 6.03. The van der Waals surface area contributed by atoms with Gasteiger partial charge in [-0.2, -0.15) is 5.10 Å². The van der Waals surface area contributed by atoms with Gasteiger partial charge in [0.25, 0.3) is 0 Å². The number of nitrogens with one attached hydrogen (secondary N) is 1. The van der Waals surface area contributed by atoms with Gasteiger partial charge < -0.3 is 0 Å². The van der Waals surface area contributed by atoms with Gasteiger partial charge in [0.05, 0.1) is 17.9 Å². The summed E-state index contributed by atoms with van der Waals surface area (Å²) < 4.78 is 0. The van der Waals surface area contributed by atoms with Crippen molar-refractivity contribution in [3.8, 4) is 0 Å². The number of hydrogen-bond donors (Lipinski definition) is 1.